The van der Waals surface area contributed by atoms with Gasteiger partial charge in [-0.05, 0) is 56.7 Å². The Balaban J connectivity index is 2.00. The lowest BCUT2D eigenvalue weighted by molar-refractivity contribution is -0.126. The maximum atomic E-state index is 13.4. The molecule has 1 aliphatic rings. The lowest BCUT2D eigenvalue weighted by Gasteiger charge is -2.31. The molecule has 2 unspecified atom stereocenters. The van der Waals surface area contributed by atoms with E-state index in [0.717, 1.165) is 5.56 Å². The van der Waals surface area contributed by atoms with E-state index in [4.69, 9.17) is 23.2 Å². The summed E-state index contributed by atoms with van der Waals surface area (Å²) in [6, 6.07) is 9.89. The SMILES string of the molecule is CC(C)(C)NC(=O)C1CSC(c2ccc(F)cc2)N1C(=O)c1ccc(Cl)cc1Cl. The van der Waals surface area contributed by atoms with Gasteiger partial charge < -0.3 is 10.2 Å². The Bertz CT molecular complexity index is 931. The number of carbonyl (C=O) groups is 2. The van der Waals surface area contributed by atoms with Crippen molar-refractivity contribution < 1.29 is 14.0 Å². The third-order valence-corrected chi connectivity index (χ3v) is 6.22. The van der Waals surface area contributed by atoms with Gasteiger partial charge in [0.05, 0.1) is 10.6 Å². The van der Waals surface area contributed by atoms with Crippen LogP contribution in [0, 0.1) is 5.82 Å². The largest absolute Gasteiger partial charge is 0.350 e. The molecule has 29 heavy (non-hydrogen) atoms. The first kappa shape index (κ1) is 21.9. The van der Waals surface area contributed by atoms with E-state index in [1.54, 1.807) is 24.3 Å². The van der Waals surface area contributed by atoms with E-state index >= 15 is 0 Å². The van der Waals surface area contributed by atoms with E-state index in [2.05, 4.69) is 5.32 Å². The van der Waals surface area contributed by atoms with Gasteiger partial charge >= 0.3 is 0 Å². The molecule has 8 heteroatoms. The second-order valence-corrected chi connectivity index (χ2v) is 9.79. The standard InChI is InChI=1S/C21H21Cl2FN2O2S/c1-21(2,3)25-18(27)17-11-29-20(12-4-7-14(24)8-5-12)26(17)19(28)15-9-6-13(22)10-16(15)23/h4-10,17,20H,11H2,1-3H3,(H,25,27). The minimum absolute atomic E-state index is 0.215. The average Bonchev–Trinajstić information content (AvgIpc) is 3.05. The Hall–Kier alpha value is -1.76. The number of hydrogen-bond acceptors (Lipinski definition) is 3. The van der Waals surface area contributed by atoms with Crippen molar-refractivity contribution in [1.29, 1.82) is 0 Å². The normalized spacial score (nSPS) is 19.3. The molecule has 4 nitrogen and oxygen atoms in total. The Labute approximate surface area is 183 Å². The Kier molecular flexibility index (Phi) is 6.46. The molecule has 0 radical (unpaired) electrons. The van der Waals surface area contributed by atoms with Crippen LogP contribution in [0.5, 0.6) is 0 Å². The number of benzene rings is 2. The van der Waals surface area contributed by atoms with E-state index in [0.29, 0.717) is 10.8 Å². The lowest BCUT2D eigenvalue weighted by atomic mass is 10.1. The smallest absolute Gasteiger partial charge is 0.257 e. The first-order chi connectivity index (χ1) is 13.6. The summed E-state index contributed by atoms with van der Waals surface area (Å²) in [4.78, 5) is 27.9. The monoisotopic (exact) mass is 454 g/mol. The highest BCUT2D eigenvalue weighted by Gasteiger charge is 2.43. The number of amides is 2. The number of rotatable bonds is 3. The van der Waals surface area contributed by atoms with Crippen LogP contribution in [0.15, 0.2) is 42.5 Å². The minimum atomic E-state index is -0.687. The molecule has 0 bridgehead atoms. The van der Waals surface area contributed by atoms with Gasteiger partial charge in [0.15, 0.2) is 0 Å². The predicted molar refractivity (Wildman–Crippen MR) is 116 cm³/mol. The summed E-state index contributed by atoms with van der Waals surface area (Å²) < 4.78 is 13.4. The zero-order valence-electron chi connectivity index (χ0n) is 16.2. The zero-order valence-corrected chi connectivity index (χ0v) is 18.5. The Morgan fingerprint density at radius 2 is 1.79 bits per heavy atom. The molecule has 0 saturated carbocycles. The van der Waals surface area contributed by atoms with E-state index in [-0.39, 0.29) is 28.2 Å². The van der Waals surface area contributed by atoms with Crippen LogP contribution in [0.1, 0.15) is 42.1 Å². The molecule has 1 aliphatic heterocycles. The summed E-state index contributed by atoms with van der Waals surface area (Å²) >= 11 is 13.7. The van der Waals surface area contributed by atoms with Crippen LogP contribution in [-0.4, -0.2) is 34.0 Å². The van der Waals surface area contributed by atoms with Gasteiger partial charge in [0.1, 0.15) is 17.2 Å². The molecule has 2 amide bonds. The van der Waals surface area contributed by atoms with Gasteiger partial charge in [-0.15, -0.1) is 11.8 Å². The quantitative estimate of drug-likeness (QED) is 0.683. The number of carbonyl (C=O) groups excluding carboxylic acids is 2. The van der Waals surface area contributed by atoms with Crippen molar-refractivity contribution in [3.8, 4) is 0 Å². The second kappa shape index (κ2) is 8.54. The number of nitrogens with one attached hydrogen (secondary N) is 1. The van der Waals surface area contributed by atoms with Gasteiger partial charge in [0, 0.05) is 16.3 Å². The molecule has 2 aromatic rings. The van der Waals surface area contributed by atoms with Gasteiger partial charge in [-0.25, -0.2) is 4.39 Å². The fourth-order valence-corrected chi connectivity index (χ4v) is 5.01. The van der Waals surface area contributed by atoms with E-state index < -0.39 is 17.0 Å². The Morgan fingerprint density at radius 1 is 1.14 bits per heavy atom. The van der Waals surface area contributed by atoms with Crippen LogP contribution in [0.2, 0.25) is 10.0 Å². The summed E-state index contributed by atoms with van der Waals surface area (Å²) in [5.74, 6) is -0.563. The molecule has 3 rings (SSSR count). The van der Waals surface area contributed by atoms with E-state index in [1.807, 2.05) is 20.8 Å². The van der Waals surface area contributed by atoms with Crippen molar-refractivity contribution >= 4 is 46.8 Å². The lowest BCUT2D eigenvalue weighted by Crippen LogP contribution is -2.52. The summed E-state index contributed by atoms with van der Waals surface area (Å²) in [5, 5.41) is 3.13. The molecule has 2 atom stereocenters. The number of thioether (sulfide) groups is 1. The Morgan fingerprint density at radius 3 is 2.38 bits per heavy atom. The molecule has 1 heterocycles. The summed E-state index contributed by atoms with van der Waals surface area (Å²) in [6.07, 6.45) is 0. The summed E-state index contributed by atoms with van der Waals surface area (Å²) in [7, 11) is 0. The molecule has 1 fully saturated rings. The number of hydrogen-bond donors (Lipinski definition) is 1. The molecule has 0 aromatic heterocycles. The maximum absolute atomic E-state index is 13.4. The van der Waals surface area contributed by atoms with Gasteiger partial charge in [-0.3, -0.25) is 9.59 Å². The topological polar surface area (TPSA) is 49.4 Å². The maximum Gasteiger partial charge on any atom is 0.257 e. The van der Waals surface area contributed by atoms with Gasteiger partial charge in [0.2, 0.25) is 5.91 Å². The van der Waals surface area contributed by atoms with Crippen molar-refractivity contribution in [2.24, 2.45) is 0 Å². The van der Waals surface area contributed by atoms with Crippen LogP contribution in [0.4, 0.5) is 4.39 Å². The first-order valence-corrected chi connectivity index (χ1v) is 10.8. The highest BCUT2D eigenvalue weighted by molar-refractivity contribution is 7.99. The third-order valence-electron chi connectivity index (χ3n) is 4.35. The molecule has 2 aromatic carbocycles. The van der Waals surface area contributed by atoms with Crippen molar-refractivity contribution in [2.75, 3.05) is 5.75 Å². The fraction of sp³-hybridized carbons (Fsp3) is 0.333. The van der Waals surface area contributed by atoms with E-state index in [9.17, 15) is 14.0 Å². The van der Waals surface area contributed by atoms with Gasteiger partial charge in [-0.1, -0.05) is 35.3 Å². The van der Waals surface area contributed by atoms with Crippen LogP contribution in [-0.2, 0) is 4.79 Å². The molecule has 0 aliphatic carbocycles. The highest BCUT2D eigenvalue weighted by atomic mass is 35.5. The zero-order chi connectivity index (χ0) is 21.3. The molecular weight excluding hydrogens is 434 g/mol. The van der Waals surface area contributed by atoms with Crippen LogP contribution in [0.3, 0.4) is 0 Å². The van der Waals surface area contributed by atoms with Gasteiger partial charge in [0.25, 0.3) is 5.91 Å². The summed E-state index contributed by atoms with van der Waals surface area (Å²) in [5.41, 5.74) is 0.558. The van der Waals surface area contributed by atoms with Crippen LogP contribution >= 0.6 is 35.0 Å². The molecule has 1 N–H and O–H groups in total. The highest BCUT2D eigenvalue weighted by Crippen LogP contribution is 2.43. The van der Waals surface area contributed by atoms with Crippen molar-refractivity contribution in [3.63, 3.8) is 0 Å². The van der Waals surface area contributed by atoms with Crippen LogP contribution < -0.4 is 5.32 Å². The minimum Gasteiger partial charge on any atom is -0.350 e. The van der Waals surface area contributed by atoms with E-state index in [1.165, 1.54) is 34.9 Å². The van der Waals surface area contributed by atoms with Crippen molar-refractivity contribution in [2.45, 2.75) is 37.7 Å². The molecule has 0 spiro atoms. The molecule has 154 valence electrons. The van der Waals surface area contributed by atoms with Crippen molar-refractivity contribution in [1.82, 2.24) is 10.2 Å². The third kappa shape index (κ3) is 5.05. The summed E-state index contributed by atoms with van der Waals surface area (Å²) in [6.45, 7) is 5.64. The number of halogens is 3. The predicted octanol–water partition coefficient (Wildman–Crippen LogP) is 5.30. The molecule has 1 saturated heterocycles. The second-order valence-electron chi connectivity index (χ2n) is 7.83. The fourth-order valence-electron chi connectivity index (χ4n) is 3.10. The van der Waals surface area contributed by atoms with Crippen LogP contribution in [0.25, 0.3) is 0 Å². The number of nitrogens with zero attached hydrogens (tertiary/aromatic N) is 1. The average molecular weight is 455 g/mol. The first-order valence-electron chi connectivity index (χ1n) is 9.03. The van der Waals surface area contributed by atoms with Crippen molar-refractivity contribution in [3.05, 3.63) is 69.5 Å². The molecular formula is C21H21Cl2FN2O2S. The van der Waals surface area contributed by atoms with Gasteiger partial charge in [-0.2, -0.15) is 0 Å².